The molecule has 0 radical (unpaired) electrons. The van der Waals surface area contributed by atoms with Gasteiger partial charge in [0.15, 0.2) is 5.16 Å². The fourth-order valence-electron chi connectivity index (χ4n) is 1.60. The number of aromatic nitrogens is 3. The molecule has 1 atom stereocenters. The van der Waals surface area contributed by atoms with Gasteiger partial charge < -0.3 is 5.73 Å². The Kier molecular flexibility index (Phi) is 3.88. The summed E-state index contributed by atoms with van der Waals surface area (Å²) in [6.07, 6.45) is 0. The van der Waals surface area contributed by atoms with Gasteiger partial charge in [0.25, 0.3) is 0 Å². The summed E-state index contributed by atoms with van der Waals surface area (Å²) in [6.45, 7) is 4.47. The highest BCUT2D eigenvalue weighted by molar-refractivity contribution is 7.99. The van der Waals surface area contributed by atoms with Crippen LogP contribution in [0.2, 0.25) is 0 Å². The molecule has 1 aromatic carbocycles. The highest BCUT2D eigenvalue weighted by atomic mass is 32.2. The summed E-state index contributed by atoms with van der Waals surface area (Å²) < 4.78 is 1.60. The number of nitrogens with zero attached hydrogens (tertiary/aromatic N) is 2. The Hall–Kier alpha value is -1.53. The average molecular weight is 264 g/mol. The van der Waals surface area contributed by atoms with Gasteiger partial charge in [-0.1, -0.05) is 12.1 Å². The Morgan fingerprint density at radius 1 is 1.44 bits per heavy atom. The van der Waals surface area contributed by atoms with Gasteiger partial charge in [-0.2, -0.15) is 0 Å². The predicted molar refractivity (Wildman–Crippen MR) is 71.7 cm³/mol. The zero-order chi connectivity index (χ0) is 13.1. The van der Waals surface area contributed by atoms with Crippen LogP contribution in [0.3, 0.4) is 0 Å². The van der Waals surface area contributed by atoms with E-state index in [1.54, 1.807) is 4.57 Å². The lowest BCUT2D eigenvalue weighted by Gasteiger charge is -2.06. The fourth-order valence-corrected chi connectivity index (χ4v) is 2.50. The summed E-state index contributed by atoms with van der Waals surface area (Å²) in [5, 5.41) is 7.13. The quantitative estimate of drug-likeness (QED) is 0.882. The first-order valence-corrected chi connectivity index (χ1v) is 6.62. The number of rotatable bonds is 4. The lowest BCUT2D eigenvalue weighted by Crippen LogP contribution is -2.15. The molecule has 0 aliphatic carbocycles. The van der Waals surface area contributed by atoms with Gasteiger partial charge in [0.05, 0.1) is 0 Å². The largest absolute Gasteiger partial charge is 0.343 e. The summed E-state index contributed by atoms with van der Waals surface area (Å²) in [6, 6.07) is 8.00. The molecule has 5 nitrogen and oxygen atoms in total. The molecule has 0 saturated carbocycles. The van der Waals surface area contributed by atoms with Gasteiger partial charge in [-0.15, -0.1) is 5.10 Å². The summed E-state index contributed by atoms with van der Waals surface area (Å²) in [5.74, 6) is 0. The minimum absolute atomic E-state index is 0.0308. The van der Waals surface area contributed by atoms with Crippen molar-refractivity contribution in [1.82, 2.24) is 14.8 Å². The molecule has 0 aliphatic rings. The number of benzene rings is 1. The third kappa shape index (κ3) is 2.65. The molecule has 0 spiro atoms. The van der Waals surface area contributed by atoms with Gasteiger partial charge in [-0.05, 0) is 43.3 Å². The minimum atomic E-state index is -0.174. The van der Waals surface area contributed by atoms with Crippen LogP contribution in [0, 0.1) is 0 Å². The standard InChI is InChI=1S/C12H16N4OS/c1-3-16-11(17)14-15-12(16)18-10-6-4-9(5-7-10)8(2)13/h4-8H,3,13H2,1-2H3,(H,14,17). The van der Waals surface area contributed by atoms with E-state index < -0.39 is 0 Å². The van der Waals surface area contributed by atoms with Crippen molar-refractivity contribution in [2.24, 2.45) is 5.73 Å². The zero-order valence-electron chi connectivity index (χ0n) is 10.4. The summed E-state index contributed by atoms with van der Waals surface area (Å²) >= 11 is 1.46. The van der Waals surface area contributed by atoms with Crippen molar-refractivity contribution in [3.63, 3.8) is 0 Å². The Morgan fingerprint density at radius 3 is 2.67 bits per heavy atom. The smallest absolute Gasteiger partial charge is 0.324 e. The lowest BCUT2D eigenvalue weighted by molar-refractivity contribution is 0.660. The van der Waals surface area contributed by atoms with E-state index >= 15 is 0 Å². The first-order valence-electron chi connectivity index (χ1n) is 5.80. The van der Waals surface area contributed by atoms with E-state index in [9.17, 15) is 4.79 Å². The SMILES string of the molecule is CCn1c(Sc2ccc(C(C)N)cc2)n[nH]c1=O. The van der Waals surface area contributed by atoms with Gasteiger partial charge in [0.1, 0.15) is 0 Å². The van der Waals surface area contributed by atoms with Crippen LogP contribution in [0.15, 0.2) is 39.1 Å². The molecule has 6 heteroatoms. The Balaban J connectivity index is 2.21. The van der Waals surface area contributed by atoms with Crippen LogP contribution in [-0.4, -0.2) is 14.8 Å². The molecule has 0 saturated heterocycles. The van der Waals surface area contributed by atoms with Crippen molar-refractivity contribution >= 4 is 11.8 Å². The number of hydrogen-bond acceptors (Lipinski definition) is 4. The van der Waals surface area contributed by atoms with Crippen LogP contribution in [-0.2, 0) is 6.54 Å². The van der Waals surface area contributed by atoms with Crippen molar-refractivity contribution < 1.29 is 0 Å². The molecular weight excluding hydrogens is 248 g/mol. The molecule has 2 rings (SSSR count). The number of aromatic amines is 1. The lowest BCUT2D eigenvalue weighted by atomic mass is 10.1. The monoisotopic (exact) mass is 264 g/mol. The maximum atomic E-state index is 11.4. The molecule has 0 fully saturated rings. The van der Waals surface area contributed by atoms with Crippen LogP contribution >= 0.6 is 11.8 Å². The molecule has 96 valence electrons. The number of nitrogens with two attached hydrogens (primary N) is 1. The number of hydrogen-bond donors (Lipinski definition) is 2. The molecule has 0 bridgehead atoms. The van der Waals surface area contributed by atoms with Crippen LogP contribution < -0.4 is 11.4 Å². The molecular formula is C12H16N4OS. The second-order valence-corrected chi connectivity index (χ2v) is 5.06. The van der Waals surface area contributed by atoms with Crippen LogP contribution in [0.4, 0.5) is 0 Å². The first kappa shape index (κ1) is 12.9. The topological polar surface area (TPSA) is 76.7 Å². The summed E-state index contributed by atoms with van der Waals surface area (Å²) in [5.41, 5.74) is 6.71. The van der Waals surface area contributed by atoms with E-state index in [4.69, 9.17) is 5.73 Å². The first-order chi connectivity index (χ1) is 8.61. The third-order valence-corrected chi connectivity index (χ3v) is 3.66. The Labute approximate surface area is 109 Å². The second kappa shape index (κ2) is 5.41. The third-order valence-electron chi connectivity index (χ3n) is 2.65. The maximum absolute atomic E-state index is 11.4. The van der Waals surface area contributed by atoms with Crippen molar-refractivity contribution in [3.8, 4) is 0 Å². The van der Waals surface area contributed by atoms with Crippen molar-refractivity contribution in [2.45, 2.75) is 36.5 Å². The van der Waals surface area contributed by atoms with Crippen molar-refractivity contribution in [2.75, 3.05) is 0 Å². The Morgan fingerprint density at radius 2 is 2.11 bits per heavy atom. The van der Waals surface area contributed by atoms with Gasteiger partial charge >= 0.3 is 5.69 Å². The van der Waals surface area contributed by atoms with Gasteiger partial charge in [-0.3, -0.25) is 4.57 Å². The van der Waals surface area contributed by atoms with E-state index in [-0.39, 0.29) is 11.7 Å². The highest BCUT2D eigenvalue weighted by Gasteiger charge is 2.08. The van der Waals surface area contributed by atoms with Crippen molar-refractivity contribution in [3.05, 3.63) is 40.3 Å². The van der Waals surface area contributed by atoms with E-state index in [0.717, 1.165) is 10.5 Å². The Bertz CT molecular complexity index is 571. The molecule has 2 aromatic rings. The molecule has 0 aliphatic heterocycles. The predicted octanol–water partition coefficient (Wildman–Crippen LogP) is 1.76. The zero-order valence-corrected chi connectivity index (χ0v) is 11.2. The molecule has 3 N–H and O–H groups in total. The average Bonchev–Trinajstić information content (AvgIpc) is 2.70. The van der Waals surface area contributed by atoms with E-state index in [0.29, 0.717) is 11.7 Å². The molecule has 18 heavy (non-hydrogen) atoms. The summed E-state index contributed by atoms with van der Waals surface area (Å²) in [7, 11) is 0. The van der Waals surface area contributed by atoms with Gasteiger partial charge in [0, 0.05) is 17.5 Å². The van der Waals surface area contributed by atoms with Gasteiger partial charge in [0.2, 0.25) is 0 Å². The second-order valence-electron chi connectivity index (χ2n) is 4.02. The van der Waals surface area contributed by atoms with Gasteiger partial charge in [-0.25, -0.2) is 9.89 Å². The number of nitrogens with one attached hydrogen (secondary N) is 1. The van der Waals surface area contributed by atoms with Crippen LogP contribution in [0.1, 0.15) is 25.5 Å². The van der Waals surface area contributed by atoms with Crippen LogP contribution in [0.25, 0.3) is 0 Å². The molecule has 1 aromatic heterocycles. The summed E-state index contributed by atoms with van der Waals surface area (Å²) in [4.78, 5) is 12.5. The molecule has 1 unspecified atom stereocenters. The van der Waals surface area contributed by atoms with Crippen LogP contribution in [0.5, 0.6) is 0 Å². The molecule has 0 amide bonds. The van der Waals surface area contributed by atoms with Crippen molar-refractivity contribution in [1.29, 1.82) is 0 Å². The number of H-pyrrole nitrogens is 1. The maximum Gasteiger partial charge on any atom is 0.343 e. The normalized spacial score (nSPS) is 12.6. The highest BCUT2D eigenvalue weighted by Crippen LogP contribution is 2.25. The van der Waals surface area contributed by atoms with E-state index in [2.05, 4.69) is 10.2 Å². The van der Waals surface area contributed by atoms with E-state index in [1.165, 1.54) is 11.8 Å². The molecule has 1 heterocycles. The fraction of sp³-hybridized carbons (Fsp3) is 0.333. The minimum Gasteiger partial charge on any atom is -0.324 e. The van der Waals surface area contributed by atoms with E-state index in [1.807, 2.05) is 38.1 Å².